The molecule has 2 aliphatic rings. The zero-order valence-corrected chi connectivity index (χ0v) is 16.0. The highest BCUT2D eigenvalue weighted by Gasteiger charge is 2.38. The fourth-order valence-electron chi connectivity index (χ4n) is 3.87. The molecule has 28 heavy (non-hydrogen) atoms. The van der Waals surface area contributed by atoms with Crippen molar-refractivity contribution in [2.24, 2.45) is 5.73 Å². The Labute approximate surface area is 165 Å². The average molecular weight is 378 g/mol. The number of nitrogens with two attached hydrogens (primary N) is 1. The van der Waals surface area contributed by atoms with Crippen molar-refractivity contribution in [1.29, 1.82) is 0 Å². The number of amides is 2. The molecule has 4 rings (SSSR count). The van der Waals surface area contributed by atoms with E-state index in [1.807, 2.05) is 35.2 Å². The highest BCUT2D eigenvalue weighted by atomic mass is 16.2. The van der Waals surface area contributed by atoms with Gasteiger partial charge < -0.3 is 15.5 Å². The predicted molar refractivity (Wildman–Crippen MR) is 110 cm³/mol. The van der Waals surface area contributed by atoms with Crippen LogP contribution in [0.1, 0.15) is 55.3 Å². The van der Waals surface area contributed by atoms with E-state index in [4.69, 9.17) is 5.73 Å². The lowest BCUT2D eigenvalue weighted by Gasteiger charge is -2.26. The van der Waals surface area contributed by atoms with E-state index < -0.39 is 0 Å². The number of unbranched alkanes of at least 4 members (excludes halogenated alkanes) is 3. The van der Waals surface area contributed by atoms with Gasteiger partial charge in [-0.1, -0.05) is 25.0 Å². The summed E-state index contributed by atoms with van der Waals surface area (Å²) in [4.78, 5) is 33.0. The standard InChI is InChI=1S/C22H26N4O2/c23-20(27)11-3-1-2-6-15-25-18-9-4-5-10-19(18)26(16-12-13-16)21-17(22(25)28)8-7-14-24-21/h4-5,7-10,14,16H,1-3,6,11-13,15H2,(H2,23,27). The molecule has 0 unspecified atom stereocenters. The first-order valence-electron chi connectivity index (χ1n) is 10.1. The zero-order chi connectivity index (χ0) is 19.5. The molecular weight excluding hydrogens is 352 g/mol. The van der Waals surface area contributed by atoms with Crippen LogP contribution >= 0.6 is 0 Å². The number of hydrogen-bond acceptors (Lipinski definition) is 4. The Balaban J connectivity index is 1.58. The van der Waals surface area contributed by atoms with Gasteiger partial charge in [0.1, 0.15) is 5.82 Å². The summed E-state index contributed by atoms with van der Waals surface area (Å²) in [5, 5.41) is 0. The number of anilines is 3. The molecule has 1 aromatic heterocycles. The lowest BCUT2D eigenvalue weighted by molar-refractivity contribution is -0.118. The summed E-state index contributed by atoms with van der Waals surface area (Å²) in [6, 6.07) is 12.3. The van der Waals surface area contributed by atoms with Gasteiger partial charge in [-0.2, -0.15) is 0 Å². The Morgan fingerprint density at radius 3 is 2.54 bits per heavy atom. The van der Waals surface area contributed by atoms with Gasteiger partial charge in [0, 0.05) is 25.2 Å². The first-order valence-corrected chi connectivity index (χ1v) is 10.1. The molecule has 0 atom stereocenters. The third-order valence-electron chi connectivity index (χ3n) is 5.39. The van der Waals surface area contributed by atoms with E-state index in [2.05, 4.69) is 16.0 Å². The van der Waals surface area contributed by atoms with Crippen molar-refractivity contribution >= 4 is 29.0 Å². The number of benzene rings is 1. The molecule has 2 amide bonds. The van der Waals surface area contributed by atoms with Crippen molar-refractivity contribution in [1.82, 2.24) is 4.98 Å². The maximum atomic E-state index is 13.4. The molecule has 2 heterocycles. The van der Waals surface area contributed by atoms with Gasteiger partial charge in [0.05, 0.1) is 16.9 Å². The van der Waals surface area contributed by atoms with E-state index >= 15 is 0 Å². The highest BCUT2D eigenvalue weighted by molar-refractivity contribution is 6.13. The maximum absolute atomic E-state index is 13.4. The normalized spacial score (nSPS) is 15.8. The number of nitrogens with zero attached hydrogens (tertiary/aromatic N) is 3. The van der Waals surface area contributed by atoms with Crippen LogP contribution < -0.4 is 15.5 Å². The van der Waals surface area contributed by atoms with Crippen molar-refractivity contribution < 1.29 is 9.59 Å². The van der Waals surface area contributed by atoms with Crippen LogP contribution in [-0.4, -0.2) is 29.4 Å². The Hall–Kier alpha value is -2.89. The largest absolute Gasteiger partial charge is 0.370 e. The minimum atomic E-state index is -0.249. The van der Waals surface area contributed by atoms with E-state index in [1.165, 1.54) is 0 Å². The Kier molecular flexibility index (Phi) is 5.28. The molecule has 1 aliphatic heterocycles. The molecule has 1 aliphatic carbocycles. The number of carbonyl (C=O) groups is 2. The third kappa shape index (κ3) is 3.72. The van der Waals surface area contributed by atoms with Crippen molar-refractivity contribution in [2.45, 2.75) is 51.0 Å². The van der Waals surface area contributed by atoms with Crippen LogP contribution in [-0.2, 0) is 4.79 Å². The smallest absolute Gasteiger partial charge is 0.262 e. The van der Waals surface area contributed by atoms with E-state index in [1.54, 1.807) is 6.20 Å². The first-order chi connectivity index (χ1) is 13.7. The highest BCUT2D eigenvalue weighted by Crippen LogP contribution is 2.45. The van der Waals surface area contributed by atoms with Gasteiger partial charge in [0.2, 0.25) is 5.91 Å². The number of fused-ring (bicyclic) bond motifs is 2. The number of carbonyl (C=O) groups excluding carboxylic acids is 2. The van der Waals surface area contributed by atoms with E-state index in [0.717, 1.165) is 55.7 Å². The molecular formula is C22H26N4O2. The number of para-hydroxylation sites is 2. The molecule has 0 spiro atoms. The fraction of sp³-hybridized carbons (Fsp3) is 0.409. The number of pyridine rings is 1. The number of primary amides is 1. The van der Waals surface area contributed by atoms with Crippen LogP contribution in [0, 0.1) is 0 Å². The Morgan fingerprint density at radius 2 is 1.79 bits per heavy atom. The summed E-state index contributed by atoms with van der Waals surface area (Å²) in [6.45, 7) is 0.652. The molecule has 1 aromatic carbocycles. The van der Waals surface area contributed by atoms with Crippen LogP contribution in [0.15, 0.2) is 42.6 Å². The number of aromatic nitrogens is 1. The monoisotopic (exact) mass is 378 g/mol. The summed E-state index contributed by atoms with van der Waals surface area (Å²) in [5.41, 5.74) is 7.88. The third-order valence-corrected chi connectivity index (χ3v) is 5.39. The Bertz CT molecular complexity index is 878. The lowest BCUT2D eigenvalue weighted by atomic mass is 10.1. The molecule has 6 heteroatoms. The van der Waals surface area contributed by atoms with Crippen molar-refractivity contribution in [3.63, 3.8) is 0 Å². The predicted octanol–water partition coefficient (Wildman–Crippen LogP) is 3.78. The molecule has 2 aromatic rings. The van der Waals surface area contributed by atoms with Crippen molar-refractivity contribution in [3.8, 4) is 0 Å². The molecule has 1 fully saturated rings. The Morgan fingerprint density at radius 1 is 1.04 bits per heavy atom. The maximum Gasteiger partial charge on any atom is 0.262 e. The van der Waals surface area contributed by atoms with Crippen molar-refractivity contribution in [3.05, 3.63) is 48.2 Å². The van der Waals surface area contributed by atoms with Crippen LogP contribution in [0.5, 0.6) is 0 Å². The molecule has 2 N–H and O–H groups in total. The summed E-state index contributed by atoms with van der Waals surface area (Å²) in [7, 11) is 0. The molecule has 146 valence electrons. The quantitative estimate of drug-likeness (QED) is 0.709. The number of hydrogen-bond donors (Lipinski definition) is 1. The fourth-order valence-corrected chi connectivity index (χ4v) is 3.87. The summed E-state index contributed by atoms with van der Waals surface area (Å²) in [6.07, 6.45) is 8.04. The second-order valence-corrected chi connectivity index (χ2v) is 7.55. The van der Waals surface area contributed by atoms with Gasteiger partial charge >= 0.3 is 0 Å². The van der Waals surface area contributed by atoms with Crippen molar-refractivity contribution in [2.75, 3.05) is 16.3 Å². The van der Waals surface area contributed by atoms with E-state index in [9.17, 15) is 9.59 Å². The number of rotatable bonds is 8. The van der Waals surface area contributed by atoms with Crippen LogP contribution in [0.25, 0.3) is 0 Å². The van der Waals surface area contributed by atoms with Gasteiger partial charge in [-0.3, -0.25) is 9.59 Å². The first kappa shape index (κ1) is 18.5. The summed E-state index contributed by atoms with van der Waals surface area (Å²) in [5.74, 6) is 0.531. The van der Waals surface area contributed by atoms with Gasteiger partial charge in [0.15, 0.2) is 0 Å². The van der Waals surface area contributed by atoms with E-state index in [0.29, 0.717) is 24.6 Å². The SMILES string of the molecule is NC(=O)CCCCCCN1C(=O)c2cccnc2N(C2CC2)c2ccccc21. The average Bonchev–Trinajstić information content (AvgIpc) is 3.53. The minimum Gasteiger partial charge on any atom is -0.370 e. The summed E-state index contributed by atoms with van der Waals surface area (Å²) >= 11 is 0. The van der Waals surface area contributed by atoms with Gasteiger partial charge in [0.25, 0.3) is 5.91 Å². The van der Waals surface area contributed by atoms with Crippen LogP contribution in [0.2, 0.25) is 0 Å². The zero-order valence-electron chi connectivity index (χ0n) is 16.0. The molecule has 0 saturated heterocycles. The topological polar surface area (TPSA) is 79.5 Å². The van der Waals surface area contributed by atoms with Crippen LogP contribution in [0.4, 0.5) is 17.2 Å². The van der Waals surface area contributed by atoms with Gasteiger partial charge in [-0.05, 0) is 49.9 Å². The van der Waals surface area contributed by atoms with E-state index in [-0.39, 0.29) is 11.8 Å². The van der Waals surface area contributed by atoms with Crippen LogP contribution in [0.3, 0.4) is 0 Å². The van der Waals surface area contributed by atoms with Gasteiger partial charge in [-0.25, -0.2) is 4.98 Å². The molecule has 1 saturated carbocycles. The molecule has 0 bridgehead atoms. The molecule has 6 nitrogen and oxygen atoms in total. The lowest BCUT2D eigenvalue weighted by Crippen LogP contribution is -2.31. The second-order valence-electron chi connectivity index (χ2n) is 7.55. The second kappa shape index (κ2) is 8.00. The summed E-state index contributed by atoms with van der Waals surface area (Å²) < 4.78 is 0. The van der Waals surface area contributed by atoms with Gasteiger partial charge in [-0.15, -0.1) is 0 Å². The molecule has 0 radical (unpaired) electrons. The minimum absolute atomic E-state index is 0.0100.